The molecule has 2 atom stereocenters. The average Bonchev–Trinajstić information content (AvgIpc) is 2.59. The number of rotatable bonds is 7. The molecule has 1 aliphatic carbocycles. The number of hydrogen-bond acceptors (Lipinski definition) is 5. The molecule has 0 saturated heterocycles. The third-order valence-corrected chi connectivity index (χ3v) is 6.29. The molecule has 1 amide bonds. The van der Waals surface area contributed by atoms with Gasteiger partial charge in [0, 0.05) is 5.92 Å². The summed E-state index contributed by atoms with van der Waals surface area (Å²) < 4.78 is 53.8. The van der Waals surface area contributed by atoms with Gasteiger partial charge in [0.15, 0.2) is 9.84 Å². The Balaban J connectivity index is 2.10. The summed E-state index contributed by atoms with van der Waals surface area (Å²) >= 11 is 0. The number of carbonyl (C=O) groups is 1. The van der Waals surface area contributed by atoms with E-state index in [0.717, 1.165) is 12.8 Å². The van der Waals surface area contributed by atoms with Crippen molar-refractivity contribution in [2.45, 2.75) is 37.2 Å². The Morgan fingerprint density at radius 3 is 2.54 bits per heavy atom. The first-order chi connectivity index (χ1) is 12.3. The highest BCUT2D eigenvalue weighted by atomic mass is 32.2. The maximum Gasteiger partial charge on any atom is 0.387 e. The van der Waals surface area contributed by atoms with Gasteiger partial charge in [-0.15, -0.1) is 0 Å². The molecule has 6 nitrogen and oxygen atoms in total. The number of alkyl halides is 2. The lowest BCUT2D eigenvalue weighted by Gasteiger charge is -2.30. The number of sulfone groups is 1. The number of nitrogens with one attached hydrogen (secondary N) is 1. The molecule has 0 bridgehead atoms. The zero-order chi connectivity index (χ0) is 19.2. The van der Waals surface area contributed by atoms with Gasteiger partial charge in [-0.3, -0.25) is 4.79 Å². The number of amides is 1. The predicted molar refractivity (Wildman–Crippen MR) is 89.2 cm³/mol. The first-order valence-electron chi connectivity index (χ1n) is 8.26. The first kappa shape index (κ1) is 20.1. The number of hydrogen-bond donors (Lipinski definition) is 1. The molecule has 1 saturated carbocycles. The van der Waals surface area contributed by atoms with Crippen molar-refractivity contribution in [3.63, 3.8) is 0 Å². The van der Waals surface area contributed by atoms with Gasteiger partial charge < -0.3 is 10.1 Å². The van der Waals surface area contributed by atoms with E-state index in [9.17, 15) is 22.0 Å². The van der Waals surface area contributed by atoms with E-state index in [4.69, 9.17) is 5.26 Å². The van der Waals surface area contributed by atoms with Crippen LogP contribution in [0.4, 0.5) is 8.78 Å². The molecular weight excluding hydrogens is 366 g/mol. The third kappa shape index (κ3) is 5.39. The zero-order valence-electron chi connectivity index (χ0n) is 14.0. The van der Waals surface area contributed by atoms with Gasteiger partial charge in [-0.1, -0.05) is 12.8 Å². The SMILES string of the molecule is N#CCNC(=O)C1CCCCC1CS(=O)(=O)c1ccc(OC(F)F)cc1. The van der Waals surface area contributed by atoms with Crippen molar-refractivity contribution in [3.05, 3.63) is 24.3 Å². The molecule has 1 aromatic carbocycles. The lowest BCUT2D eigenvalue weighted by molar-refractivity contribution is -0.127. The summed E-state index contributed by atoms with van der Waals surface area (Å²) in [5.74, 6) is -1.41. The second-order valence-electron chi connectivity index (χ2n) is 6.16. The van der Waals surface area contributed by atoms with Crippen molar-refractivity contribution in [2.24, 2.45) is 11.8 Å². The van der Waals surface area contributed by atoms with Crippen LogP contribution in [0, 0.1) is 23.2 Å². The van der Waals surface area contributed by atoms with Gasteiger partial charge >= 0.3 is 6.61 Å². The Morgan fingerprint density at radius 2 is 1.92 bits per heavy atom. The Kier molecular flexibility index (Phi) is 6.91. The van der Waals surface area contributed by atoms with Crippen LogP contribution in [0.15, 0.2) is 29.2 Å². The van der Waals surface area contributed by atoms with Gasteiger partial charge in [-0.25, -0.2) is 8.42 Å². The van der Waals surface area contributed by atoms with E-state index in [1.54, 1.807) is 0 Å². The zero-order valence-corrected chi connectivity index (χ0v) is 14.8. The van der Waals surface area contributed by atoms with Crippen LogP contribution in [-0.4, -0.2) is 33.2 Å². The molecular formula is C17H20F2N2O4S. The number of nitrogens with zero attached hydrogens (tertiary/aromatic N) is 1. The number of carbonyl (C=O) groups excluding carboxylic acids is 1. The molecule has 26 heavy (non-hydrogen) atoms. The van der Waals surface area contributed by atoms with Gasteiger partial charge in [0.05, 0.1) is 16.7 Å². The lowest BCUT2D eigenvalue weighted by atomic mass is 9.80. The molecule has 0 aliphatic heterocycles. The molecule has 142 valence electrons. The molecule has 1 aliphatic rings. The van der Waals surface area contributed by atoms with Crippen molar-refractivity contribution in [2.75, 3.05) is 12.3 Å². The Morgan fingerprint density at radius 1 is 1.27 bits per heavy atom. The molecule has 0 heterocycles. The van der Waals surface area contributed by atoms with E-state index < -0.39 is 22.4 Å². The van der Waals surface area contributed by atoms with E-state index in [1.807, 2.05) is 6.07 Å². The third-order valence-electron chi connectivity index (χ3n) is 4.43. The minimum atomic E-state index is -3.68. The van der Waals surface area contributed by atoms with Crippen LogP contribution in [-0.2, 0) is 14.6 Å². The highest BCUT2D eigenvalue weighted by Crippen LogP contribution is 2.33. The number of halogens is 2. The molecule has 2 unspecified atom stereocenters. The van der Waals surface area contributed by atoms with Crippen LogP contribution in [0.3, 0.4) is 0 Å². The van der Waals surface area contributed by atoms with Gasteiger partial charge in [-0.2, -0.15) is 14.0 Å². The highest BCUT2D eigenvalue weighted by molar-refractivity contribution is 7.91. The minimum Gasteiger partial charge on any atom is -0.435 e. The summed E-state index contributed by atoms with van der Waals surface area (Å²) in [5, 5.41) is 11.1. The van der Waals surface area contributed by atoms with Crippen LogP contribution < -0.4 is 10.1 Å². The van der Waals surface area contributed by atoms with Crippen LogP contribution >= 0.6 is 0 Å². The topological polar surface area (TPSA) is 96.3 Å². The number of nitriles is 1. The molecule has 1 fully saturated rings. The Bertz CT molecular complexity index is 760. The number of ether oxygens (including phenoxy) is 1. The van der Waals surface area contributed by atoms with Gasteiger partial charge in [-0.05, 0) is 43.0 Å². The first-order valence-corrected chi connectivity index (χ1v) is 9.91. The molecule has 2 rings (SSSR count). The maximum atomic E-state index is 12.6. The van der Waals surface area contributed by atoms with Gasteiger partial charge in [0.25, 0.3) is 0 Å². The maximum absolute atomic E-state index is 12.6. The Hall–Kier alpha value is -2.21. The second kappa shape index (κ2) is 8.94. The predicted octanol–water partition coefficient (Wildman–Crippen LogP) is 2.51. The Labute approximate surface area is 151 Å². The fourth-order valence-electron chi connectivity index (χ4n) is 3.22. The largest absolute Gasteiger partial charge is 0.435 e. The molecule has 0 spiro atoms. The minimum absolute atomic E-state index is 0.000808. The second-order valence-corrected chi connectivity index (χ2v) is 8.19. The summed E-state index contributed by atoms with van der Waals surface area (Å²) in [7, 11) is -3.68. The van der Waals surface area contributed by atoms with E-state index in [1.165, 1.54) is 24.3 Å². The lowest BCUT2D eigenvalue weighted by Crippen LogP contribution is -2.39. The molecule has 1 N–H and O–H groups in total. The number of benzene rings is 1. The molecule has 0 aromatic heterocycles. The van der Waals surface area contributed by atoms with E-state index >= 15 is 0 Å². The van der Waals surface area contributed by atoms with Crippen molar-refractivity contribution >= 4 is 15.7 Å². The van der Waals surface area contributed by atoms with Crippen molar-refractivity contribution in [1.29, 1.82) is 5.26 Å². The molecule has 9 heteroatoms. The van der Waals surface area contributed by atoms with E-state index in [-0.39, 0.29) is 34.8 Å². The summed E-state index contributed by atoms with van der Waals surface area (Å²) in [6, 6.07) is 6.63. The van der Waals surface area contributed by atoms with Crippen molar-refractivity contribution < 1.29 is 26.7 Å². The van der Waals surface area contributed by atoms with Crippen LogP contribution in [0.2, 0.25) is 0 Å². The van der Waals surface area contributed by atoms with E-state index in [2.05, 4.69) is 10.1 Å². The van der Waals surface area contributed by atoms with Crippen LogP contribution in [0.5, 0.6) is 5.75 Å². The normalized spacial score (nSPS) is 20.4. The summed E-state index contributed by atoms with van der Waals surface area (Å²) in [5.41, 5.74) is 0. The van der Waals surface area contributed by atoms with Crippen molar-refractivity contribution in [1.82, 2.24) is 5.32 Å². The fraction of sp³-hybridized carbons (Fsp3) is 0.529. The smallest absolute Gasteiger partial charge is 0.387 e. The van der Waals surface area contributed by atoms with Crippen LogP contribution in [0.1, 0.15) is 25.7 Å². The van der Waals surface area contributed by atoms with E-state index in [0.29, 0.717) is 12.8 Å². The monoisotopic (exact) mass is 386 g/mol. The molecule has 1 aromatic rings. The van der Waals surface area contributed by atoms with Gasteiger partial charge in [0.2, 0.25) is 5.91 Å². The van der Waals surface area contributed by atoms with Gasteiger partial charge in [0.1, 0.15) is 12.3 Å². The average molecular weight is 386 g/mol. The highest BCUT2D eigenvalue weighted by Gasteiger charge is 2.34. The van der Waals surface area contributed by atoms with Crippen molar-refractivity contribution in [3.8, 4) is 11.8 Å². The summed E-state index contributed by atoms with van der Waals surface area (Å²) in [4.78, 5) is 12.2. The van der Waals surface area contributed by atoms with Crippen LogP contribution in [0.25, 0.3) is 0 Å². The summed E-state index contributed by atoms with van der Waals surface area (Å²) in [6.45, 7) is -3.09. The fourth-order valence-corrected chi connectivity index (χ4v) is 4.92. The standard InChI is InChI=1S/C17H20F2N2O4S/c18-17(19)25-13-5-7-14(8-6-13)26(23,24)11-12-3-1-2-4-15(12)16(22)21-10-9-20/h5-8,12,15,17H,1-4,10-11H2,(H,21,22). The molecule has 0 radical (unpaired) electrons. The quantitative estimate of drug-likeness (QED) is 0.727. The summed E-state index contributed by atoms with van der Waals surface area (Å²) in [6.07, 6.45) is 2.86.